The molecule has 0 atom stereocenters. The van der Waals surface area contributed by atoms with Gasteiger partial charge in [-0.3, -0.25) is 9.97 Å². The SMILES string of the molecule is C=CC.c1cc2c(c(-n3c4ccccc4c4ncccc43)c1)Cc1ccc(-n3c4ccccc4c4ncccc43)cc1-2. The van der Waals surface area contributed by atoms with E-state index < -0.39 is 0 Å². The first kappa shape index (κ1) is 24.3. The van der Waals surface area contributed by atoms with Gasteiger partial charge in [0.1, 0.15) is 0 Å². The Balaban J connectivity index is 0.000000856. The maximum atomic E-state index is 4.75. The minimum absolute atomic E-state index is 0.907. The second kappa shape index (κ2) is 9.57. The van der Waals surface area contributed by atoms with E-state index in [0.29, 0.717) is 0 Å². The highest BCUT2D eigenvalue weighted by atomic mass is 15.0. The molecular weight excluding hydrogens is 512 g/mol. The fourth-order valence-electron chi connectivity index (χ4n) is 6.63. The third kappa shape index (κ3) is 3.48. The number of para-hydroxylation sites is 2. The van der Waals surface area contributed by atoms with Crippen molar-refractivity contribution < 1.29 is 0 Å². The lowest BCUT2D eigenvalue weighted by molar-refractivity contribution is 1.12. The summed E-state index contributed by atoms with van der Waals surface area (Å²) in [6.07, 6.45) is 6.42. The van der Waals surface area contributed by atoms with Gasteiger partial charge in [-0.2, -0.15) is 0 Å². The van der Waals surface area contributed by atoms with Gasteiger partial charge < -0.3 is 9.13 Å². The Kier molecular flexibility index (Phi) is 5.54. The highest BCUT2D eigenvalue weighted by Crippen LogP contribution is 2.43. The molecule has 0 radical (unpaired) electrons. The molecule has 9 rings (SSSR count). The fraction of sp³-hybridized carbons (Fsp3) is 0.0526. The molecule has 0 amide bonds. The van der Waals surface area contributed by atoms with Crippen LogP contribution in [0.5, 0.6) is 0 Å². The van der Waals surface area contributed by atoms with Crippen LogP contribution in [0.2, 0.25) is 0 Å². The van der Waals surface area contributed by atoms with Crippen LogP contribution in [-0.2, 0) is 6.42 Å². The van der Waals surface area contributed by atoms with E-state index in [-0.39, 0.29) is 0 Å². The van der Waals surface area contributed by atoms with Crippen molar-refractivity contribution in [1.82, 2.24) is 19.1 Å². The van der Waals surface area contributed by atoms with E-state index in [1.54, 1.807) is 6.08 Å². The average molecular weight is 541 g/mol. The van der Waals surface area contributed by atoms with E-state index in [9.17, 15) is 0 Å². The zero-order chi connectivity index (χ0) is 28.2. The second-order valence-corrected chi connectivity index (χ2v) is 10.7. The minimum Gasteiger partial charge on any atom is -0.308 e. The number of allylic oxidation sites excluding steroid dienone is 1. The van der Waals surface area contributed by atoms with E-state index in [0.717, 1.165) is 34.2 Å². The molecule has 0 N–H and O–H groups in total. The van der Waals surface area contributed by atoms with Crippen molar-refractivity contribution in [2.24, 2.45) is 0 Å². The molecule has 0 spiro atoms. The van der Waals surface area contributed by atoms with Gasteiger partial charge in [0.15, 0.2) is 0 Å². The number of pyridine rings is 2. The summed E-state index contributed by atoms with van der Waals surface area (Å²) in [6, 6.07) is 39.2. The second-order valence-electron chi connectivity index (χ2n) is 10.7. The molecule has 42 heavy (non-hydrogen) atoms. The molecule has 8 aromatic rings. The van der Waals surface area contributed by atoms with Crippen molar-refractivity contribution in [2.75, 3.05) is 0 Å². The molecule has 0 aliphatic heterocycles. The predicted octanol–water partition coefficient (Wildman–Crippen LogP) is 9.43. The normalized spacial score (nSPS) is 11.9. The molecule has 1 aliphatic carbocycles. The van der Waals surface area contributed by atoms with E-state index in [2.05, 4.69) is 113 Å². The molecule has 0 bridgehead atoms. The van der Waals surface area contributed by atoms with Crippen molar-refractivity contribution >= 4 is 43.9 Å². The van der Waals surface area contributed by atoms with E-state index >= 15 is 0 Å². The van der Waals surface area contributed by atoms with Crippen LogP contribution in [0.15, 0.2) is 134 Å². The van der Waals surface area contributed by atoms with Crippen LogP contribution < -0.4 is 0 Å². The van der Waals surface area contributed by atoms with Crippen LogP contribution in [-0.4, -0.2) is 19.1 Å². The van der Waals surface area contributed by atoms with Gasteiger partial charge in [-0.25, -0.2) is 0 Å². The van der Waals surface area contributed by atoms with Gasteiger partial charge in [0, 0.05) is 35.3 Å². The fourth-order valence-corrected chi connectivity index (χ4v) is 6.63. The molecule has 4 aromatic heterocycles. The first-order valence-corrected chi connectivity index (χ1v) is 14.3. The summed E-state index contributed by atoms with van der Waals surface area (Å²) >= 11 is 0. The van der Waals surface area contributed by atoms with Crippen LogP contribution in [0, 0.1) is 0 Å². The van der Waals surface area contributed by atoms with Crippen LogP contribution in [0.3, 0.4) is 0 Å². The van der Waals surface area contributed by atoms with Gasteiger partial charge in [-0.05, 0) is 83.8 Å². The molecule has 0 saturated carbocycles. The molecule has 0 fully saturated rings. The lowest BCUT2D eigenvalue weighted by Crippen LogP contribution is -1.99. The Hall–Kier alpha value is -5.48. The van der Waals surface area contributed by atoms with Crippen molar-refractivity contribution in [3.63, 3.8) is 0 Å². The number of hydrogen-bond acceptors (Lipinski definition) is 2. The molecule has 1 aliphatic rings. The van der Waals surface area contributed by atoms with Crippen molar-refractivity contribution in [3.8, 4) is 22.5 Å². The lowest BCUT2D eigenvalue weighted by Gasteiger charge is -2.13. The van der Waals surface area contributed by atoms with Crippen molar-refractivity contribution in [3.05, 3.63) is 145 Å². The largest absolute Gasteiger partial charge is 0.308 e. The first-order valence-electron chi connectivity index (χ1n) is 14.3. The number of fused-ring (bicyclic) bond motifs is 9. The summed E-state index contributed by atoms with van der Waals surface area (Å²) in [6.45, 7) is 5.25. The van der Waals surface area contributed by atoms with Gasteiger partial charge >= 0.3 is 0 Å². The Bertz CT molecular complexity index is 2210. The van der Waals surface area contributed by atoms with Crippen LogP contribution in [0.4, 0.5) is 0 Å². The smallest absolute Gasteiger partial charge is 0.0963 e. The molecule has 200 valence electrons. The maximum Gasteiger partial charge on any atom is 0.0963 e. The van der Waals surface area contributed by atoms with E-state index in [1.165, 1.54) is 49.7 Å². The highest BCUT2D eigenvalue weighted by molar-refractivity contribution is 6.08. The summed E-state index contributed by atoms with van der Waals surface area (Å²) in [7, 11) is 0. The van der Waals surface area contributed by atoms with E-state index in [4.69, 9.17) is 9.97 Å². The Morgan fingerprint density at radius 1 is 0.619 bits per heavy atom. The molecule has 4 heterocycles. The van der Waals surface area contributed by atoms with Gasteiger partial charge in [0.05, 0.1) is 38.8 Å². The first-order chi connectivity index (χ1) is 20.8. The third-order valence-corrected chi connectivity index (χ3v) is 8.26. The number of aromatic nitrogens is 4. The maximum absolute atomic E-state index is 4.75. The Morgan fingerprint density at radius 3 is 1.90 bits per heavy atom. The molecule has 4 heteroatoms. The summed E-state index contributed by atoms with van der Waals surface area (Å²) in [5.41, 5.74) is 14.4. The summed E-state index contributed by atoms with van der Waals surface area (Å²) < 4.78 is 4.74. The standard InChI is InChI=1S/C35H22N4.C3H6/c1-3-11-29-25(8-1)34-32(14-6-18-36-34)38(29)23-17-16-22-20-28-24(27(22)21-23)10-5-13-31(28)39-30-12-4-2-9-26(30)35-33(39)15-7-19-37-35;1-3-2/h1-19,21H,20H2;3H,1H2,2H3. The number of benzene rings is 4. The quantitative estimate of drug-likeness (QED) is 0.205. The van der Waals surface area contributed by atoms with Crippen LogP contribution in [0.25, 0.3) is 66.4 Å². The number of hydrogen-bond donors (Lipinski definition) is 0. The lowest BCUT2D eigenvalue weighted by atomic mass is 10.0. The van der Waals surface area contributed by atoms with Crippen LogP contribution in [0.1, 0.15) is 18.1 Å². The van der Waals surface area contributed by atoms with Gasteiger partial charge in [-0.15, -0.1) is 6.58 Å². The summed E-state index contributed by atoms with van der Waals surface area (Å²) in [5.74, 6) is 0. The highest BCUT2D eigenvalue weighted by Gasteiger charge is 2.25. The van der Waals surface area contributed by atoms with Gasteiger partial charge in [-0.1, -0.05) is 60.7 Å². The van der Waals surface area contributed by atoms with Gasteiger partial charge in [0.25, 0.3) is 0 Å². The minimum atomic E-state index is 0.907. The predicted molar refractivity (Wildman–Crippen MR) is 175 cm³/mol. The Labute approximate surface area is 243 Å². The number of rotatable bonds is 2. The topological polar surface area (TPSA) is 35.6 Å². The summed E-state index contributed by atoms with van der Waals surface area (Å²) in [4.78, 5) is 9.47. The molecule has 0 saturated heterocycles. The summed E-state index contributed by atoms with van der Waals surface area (Å²) in [5, 5.41) is 2.36. The Morgan fingerprint density at radius 2 is 1.21 bits per heavy atom. The van der Waals surface area contributed by atoms with Crippen molar-refractivity contribution in [1.29, 1.82) is 0 Å². The van der Waals surface area contributed by atoms with Crippen LogP contribution >= 0.6 is 0 Å². The van der Waals surface area contributed by atoms with Gasteiger partial charge in [0.2, 0.25) is 0 Å². The molecule has 4 nitrogen and oxygen atoms in total. The van der Waals surface area contributed by atoms with E-state index in [1.807, 2.05) is 31.5 Å². The zero-order valence-electron chi connectivity index (χ0n) is 23.3. The third-order valence-electron chi connectivity index (χ3n) is 8.26. The molecular formula is C38H28N4. The monoisotopic (exact) mass is 540 g/mol. The molecule has 0 unspecified atom stereocenters. The number of nitrogens with zero attached hydrogens (tertiary/aromatic N) is 4. The van der Waals surface area contributed by atoms with Crippen molar-refractivity contribution in [2.45, 2.75) is 13.3 Å². The zero-order valence-corrected chi connectivity index (χ0v) is 23.3. The average Bonchev–Trinajstić information content (AvgIpc) is 3.69. The molecule has 4 aromatic carbocycles.